The van der Waals surface area contributed by atoms with E-state index in [0.29, 0.717) is 0 Å². The molecule has 0 aliphatic heterocycles. The SMILES string of the molecule is C#CC(NCCC)c1cccnc1. The largest absolute Gasteiger partial charge is 0.300 e. The van der Waals surface area contributed by atoms with Gasteiger partial charge in [0.2, 0.25) is 0 Å². The van der Waals surface area contributed by atoms with Crippen LogP contribution in [0.25, 0.3) is 0 Å². The van der Waals surface area contributed by atoms with Crippen LogP contribution in [-0.4, -0.2) is 11.5 Å². The molecule has 68 valence electrons. The number of nitrogens with one attached hydrogen (secondary N) is 1. The molecular formula is C11H14N2. The van der Waals surface area contributed by atoms with E-state index >= 15 is 0 Å². The third kappa shape index (κ3) is 2.89. The van der Waals surface area contributed by atoms with Gasteiger partial charge in [0.05, 0.1) is 6.04 Å². The Kier molecular flexibility index (Phi) is 4.01. The first kappa shape index (κ1) is 9.76. The summed E-state index contributed by atoms with van der Waals surface area (Å²) >= 11 is 0. The first-order valence-corrected chi connectivity index (χ1v) is 4.48. The van der Waals surface area contributed by atoms with Gasteiger partial charge in [0.25, 0.3) is 0 Å². The van der Waals surface area contributed by atoms with Crippen LogP contribution in [0.3, 0.4) is 0 Å². The van der Waals surface area contributed by atoms with Gasteiger partial charge < -0.3 is 0 Å². The molecule has 0 bridgehead atoms. The first-order valence-electron chi connectivity index (χ1n) is 4.48. The lowest BCUT2D eigenvalue weighted by Crippen LogP contribution is -2.20. The minimum Gasteiger partial charge on any atom is -0.300 e. The highest BCUT2D eigenvalue weighted by atomic mass is 14.9. The Morgan fingerprint density at radius 1 is 1.69 bits per heavy atom. The predicted octanol–water partition coefficient (Wildman–Crippen LogP) is 1.76. The lowest BCUT2D eigenvalue weighted by molar-refractivity contribution is 0.625. The molecule has 0 aromatic carbocycles. The second kappa shape index (κ2) is 5.34. The molecule has 0 amide bonds. The fraction of sp³-hybridized carbons (Fsp3) is 0.364. The fourth-order valence-corrected chi connectivity index (χ4v) is 1.11. The van der Waals surface area contributed by atoms with Crippen LogP contribution in [0.15, 0.2) is 24.5 Å². The molecule has 1 aromatic heterocycles. The molecule has 1 heterocycles. The monoisotopic (exact) mass is 174 g/mol. The van der Waals surface area contributed by atoms with Crippen molar-refractivity contribution in [2.24, 2.45) is 0 Å². The van der Waals surface area contributed by atoms with Gasteiger partial charge in [0.15, 0.2) is 0 Å². The van der Waals surface area contributed by atoms with E-state index in [1.807, 2.05) is 12.1 Å². The number of nitrogens with zero attached hydrogens (tertiary/aromatic N) is 1. The van der Waals surface area contributed by atoms with E-state index in [1.165, 1.54) is 0 Å². The topological polar surface area (TPSA) is 24.9 Å². The van der Waals surface area contributed by atoms with Crippen LogP contribution in [-0.2, 0) is 0 Å². The zero-order chi connectivity index (χ0) is 9.52. The van der Waals surface area contributed by atoms with Gasteiger partial charge >= 0.3 is 0 Å². The van der Waals surface area contributed by atoms with E-state index in [1.54, 1.807) is 12.4 Å². The molecule has 0 saturated heterocycles. The summed E-state index contributed by atoms with van der Waals surface area (Å²) in [5.41, 5.74) is 1.05. The van der Waals surface area contributed by atoms with Crippen molar-refractivity contribution in [3.05, 3.63) is 30.1 Å². The summed E-state index contributed by atoms with van der Waals surface area (Å²) < 4.78 is 0. The highest BCUT2D eigenvalue weighted by molar-refractivity contribution is 5.22. The molecule has 2 heteroatoms. The number of hydrogen-bond donors (Lipinski definition) is 1. The third-order valence-electron chi connectivity index (χ3n) is 1.78. The van der Waals surface area contributed by atoms with Crippen LogP contribution in [0.4, 0.5) is 0 Å². The van der Waals surface area contributed by atoms with E-state index < -0.39 is 0 Å². The molecule has 2 nitrogen and oxygen atoms in total. The lowest BCUT2D eigenvalue weighted by Gasteiger charge is -2.11. The smallest absolute Gasteiger partial charge is 0.0958 e. The minimum atomic E-state index is -0.00588. The molecule has 1 atom stereocenters. The van der Waals surface area contributed by atoms with Gasteiger partial charge in [-0.1, -0.05) is 18.9 Å². The second-order valence-corrected chi connectivity index (χ2v) is 2.84. The lowest BCUT2D eigenvalue weighted by atomic mass is 10.1. The summed E-state index contributed by atoms with van der Waals surface area (Å²) in [6.07, 6.45) is 10.0. The van der Waals surface area contributed by atoms with Crippen molar-refractivity contribution in [3.63, 3.8) is 0 Å². The second-order valence-electron chi connectivity index (χ2n) is 2.84. The maximum Gasteiger partial charge on any atom is 0.0958 e. The van der Waals surface area contributed by atoms with Gasteiger partial charge in [-0.25, -0.2) is 0 Å². The Bertz CT molecular complexity index is 274. The molecule has 0 fully saturated rings. The van der Waals surface area contributed by atoms with Crippen LogP contribution in [0.1, 0.15) is 24.9 Å². The van der Waals surface area contributed by atoms with Crippen molar-refractivity contribution in [2.75, 3.05) is 6.54 Å². The standard InChI is InChI=1S/C11H14N2/c1-3-7-13-11(4-2)10-6-5-8-12-9-10/h2,5-6,8-9,11,13H,3,7H2,1H3. The van der Waals surface area contributed by atoms with E-state index in [9.17, 15) is 0 Å². The number of pyridine rings is 1. The molecule has 1 aromatic rings. The summed E-state index contributed by atoms with van der Waals surface area (Å²) in [5.74, 6) is 2.70. The van der Waals surface area contributed by atoms with Gasteiger partial charge in [0, 0.05) is 12.4 Å². The number of hydrogen-bond acceptors (Lipinski definition) is 2. The quantitative estimate of drug-likeness (QED) is 0.703. The van der Waals surface area contributed by atoms with Crippen LogP contribution in [0.2, 0.25) is 0 Å². The number of aromatic nitrogens is 1. The third-order valence-corrected chi connectivity index (χ3v) is 1.78. The molecule has 1 N–H and O–H groups in total. The summed E-state index contributed by atoms with van der Waals surface area (Å²) in [6.45, 7) is 3.05. The number of terminal acetylenes is 1. The maximum absolute atomic E-state index is 5.41. The zero-order valence-electron chi connectivity index (χ0n) is 7.83. The Balaban J connectivity index is 2.63. The van der Waals surface area contributed by atoms with Crippen LogP contribution in [0, 0.1) is 12.3 Å². The summed E-state index contributed by atoms with van der Waals surface area (Å²) in [4.78, 5) is 4.03. The van der Waals surface area contributed by atoms with Gasteiger partial charge in [-0.15, -0.1) is 6.42 Å². The zero-order valence-corrected chi connectivity index (χ0v) is 7.83. The maximum atomic E-state index is 5.41. The van der Waals surface area contributed by atoms with Crippen molar-refractivity contribution in [3.8, 4) is 12.3 Å². The minimum absolute atomic E-state index is 0.00588. The van der Waals surface area contributed by atoms with E-state index in [4.69, 9.17) is 6.42 Å². The van der Waals surface area contributed by atoms with Crippen LogP contribution < -0.4 is 5.32 Å². The molecule has 1 rings (SSSR count). The molecule has 0 radical (unpaired) electrons. The first-order chi connectivity index (χ1) is 6.38. The van der Waals surface area contributed by atoms with E-state index in [0.717, 1.165) is 18.5 Å². The highest BCUT2D eigenvalue weighted by Gasteiger charge is 2.05. The molecular weight excluding hydrogens is 160 g/mol. The van der Waals surface area contributed by atoms with Crippen molar-refractivity contribution < 1.29 is 0 Å². The van der Waals surface area contributed by atoms with Crippen molar-refractivity contribution in [1.82, 2.24) is 10.3 Å². The predicted molar refractivity (Wildman–Crippen MR) is 54.1 cm³/mol. The fourth-order valence-electron chi connectivity index (χ4n) is 1.11. The van der Waals surface area contributed by atoms with Gasteiger partial charge in [-0.3, -0.25) is 10.3 Å². The molecule has 0 saturated carbocycles. The molecule has 0 aliphatic carbocycles. The average Bonchev–Trinajstić information content (AvgIpc) is 2.21. The summed E-state index contributed by atoms with van der Waals surface area (Å²) in [6, 6.07) is 3.88. The molecule has 13 heavy (non-hydrogen) atoms. The van der Waals surface area contributed by atoms with Crippen molar-refractivity contribution in [1.29, 1.82) is 0 Å². The Labute approximate surface area is 79.4 Å². The Morgan fingerprint density at radius 3 is 3.08 bits per heavy atom. The van der Waals surface area contributed by atoms with Gasteiger partial charge in [-0.05, 0) is 24.6 Å². The molecule has 0 aliphatic rings. The van der Waals surface area contributed by atoms with Gasteiger partial charge in [-0.2, -0.15) is 0 Å². The molecule has 1 unspecified atom stereocenters. The van der Waals surface area contributed by atoms with Crippen molar-refractivity contribution >= 4 is 0 Å². The molecule has 0 spiro atoms. The normalized spacial score (nSPS) is 12.0. The van der Waals surface area contributed by atoms with E-state index in [2.05, 4.69) is 23.1 Å². The van der Waals surface area contributed by atoms with Crippen LogP contribution in [0.5, 0.6) is 0 Å². The van der Waals surface area contributed by atoms with Crippen molar-refractivity contribution in [2.45, 2.75) is 19.4 Å². The summed E-state index contributed by atoms with van der Waals surface area (Å²) in [7, 11) is 0. The number of rotatable bonds is 4. The average molecular weight is 174 g/mol. The Hall–Kier alpha value is -1.33. The van der Waals surface area contributed by atoms with Gasteiger partial charge in [0.1, 0.15) is 0 Å². The summed E-state index contributed by atoms with van der Waals surface area (Å²) in [5, 5.41) is 3.26. The highest BCUT2D eigenvalue weighted by Crippen LogP contribution is 2.08. The van der Waals surface area contributed by atoms with E-state index in [-0.39, 0.29) is 6.04 Å². The Morgan fingerprint density at radius 2 is 2.54 bits per heavy atom. The van der Waals surface area contributed by atoms with Crippen LogP contribution >= 0.6 is 0 Å².